The Morgan fingerprint density at radius 1 is 0.519 bits per heavy atom. The van der Waals surface area contributed by atoms with E-state index in [9.17, 15) is 27.2 Å². The molecule has 5 aromatic carbocycles. The number of carbonyl (C=O) groups excluding carboxylic acids is 2. The minimum absolute atomic E-state index is 0.0403. The van der Waals surface area contributed by atoms with Crippen LogP contribution >= 0.6 is 0 Å². The van der Waals surface area contributed by atoms with Gasteiger partial charge >= 0.3 is 11.8 Å². The molecule has 0 heterocycles. The summed E-state index contributed by atoms with van der Waals surface area (Å²) in [5, 5.41) is 3.07. The number of nitrogens with one attached hydrogen (secondary N) is 1. The minimum atomic E-state index is -3.86. The molecule has 5 nitrogen and oxygen atoms in total. The van der Waals surface area contributed by atoms with Crippen LogP contribution < -0.4 is 16.8 Å². The minimum Gasteiger partial charge on any atom is -0.399 e. The predicted molar refractivity (Wildman–Crippen MR) is 202 cm³/mol. The van der Waals surface area contributed by atoms with Gasteiger partial charge in [0.05, 0.1) is 0 Å². The van der Waals surface area contributed by atoms with Crippen molar-refractivity contribution in [3.05, 3.63) is 160 Å². The van der Waals surface area contributed by atoms with Gasteiger partial charge in [0.1, 0.15) is 0 Å². The Labute approximate surface area is 303 Å². The molecule has 0 aliphatic heterocycles. The van der Waals surface area contributed by atoms with Gasteiger partial charge in [-0.3, -0.25) is 9.59 Å². The summed E-state index contributed by atoms with van der Waals surface area (Å²) in [5.74, 6) is -10.4. The van der Waals surface area contributed by atoms with E-state index in [1.165, 1.54) is 11.1 Å². The Morgan fingerprint density at radius 2 is 0.827 bits per heavy atom. The second kappa shape index (κ2) is 15.4. The van der Waals surface area contributed by atoms with E-state index in [2.05, 4.69) is 57.3 Å². The van der Waals surface area contributed by atoms with E-state index >= 15 is 0 Å². The lowest BCUT2D eigenvalue weighted by Crippen LogP contribution is -2.28. The number of rotatable bonds is 11. The van der Waals surface area contributed by atoms with Gasteiger partial charge in [-0.25, -0.2) is 0 Å². The molecule has 9 heteroatoms. The number of nitrogens with two attached hydrogens (primary N) is 2. The van der Waals surface area contributed by atoms with Crippen molar-refractivity contribution in [2.45, 2.75) is 63.7 Å². The Balaban J connectivity index is 0.000000296. The second-order valence-electron chi connectivity index (χ2n) is 13.9. The summed E-state index contributed by atoms with van der Waals surface area (Å²) in [4.78, 5) is 23.5. The maximum absolute atomic E-state index is 14.8. The van der Waals surface area contributed by atoms with Crippen LogP contribution in [0.4, 0.5) is 34.6 Å². The van der Waals surface area contributed by atoms with Crippen LogP contribution in [0.3, 0.4) is 0 Å². The summed E-state index contributed by atoms with van der Waals surface area (Å²) < 4.78 is 57.1. The number of nitrogen functional groups attached to an aromatic ring is 2. The molecule has 5 N–H and O–H groups in total. The molecular weight excluding hydrogens is 666 g/mol. The monoisotopic (exact) mass is 711 g/mol. The number of anilines is 3. The van der Waals surface area contributed by atoms with Crippen molar-refractivity contribution in [2.75, 3.05) is 23.8 Å². The molecule has 5 rings (SSSR count). The van der Waals surface area contributed by atoms with Crippen LogP contribution in [-0.4, -0.2) is 18.6 Å². The molecule has 0 bridgehead atoms. The van der Waals surface area contributed by atoms with Crippen LogP contribution in [-0.2, 0) is 38.7 Å². The van der Waals surface area contributed by atoms with Gasteiger partial charge in [-0.1, -0.05) is 113 Å². The zero-order valence-electron chi connectivity index (χ0n) is 30.2. The highest BCUT2D eigenvalue weighted by molar-refractivity contribution is 5.89. The zero-order chi connectivity index (χ0) is 38.5. The van der Waals surface area contributed by atoms with Gasteiger partial charge in [0, 0.05) is 59.4 Å². The third-order valence-corrected chi connectivity index (χ3v) is 9.60. The van der Waals surface area contributed by atoms with Gasteiger partial charge in [0.15, 0.2) is 0 Å². The third-order valence-electron chi connectivity index (χ3n) is 9.60. The summed E-state index contributed by atoms with van der Waals surface area (Å²) in [6.07, 6.45) is -0.518. The fourth-order valence-electron chi connectivity index (χ4n) is 5.78. The molecule has 272 valence electrons. The summed E-state index contributed by atoms with van der Waals surface area (Å²) in [5.41, 5.74) is 17.2. The molecule has 0 aromatic heterocycles. The van der Waals surface area contributed by atoms with E-state index in [0.717, 1.165) is 59.4 Å². The summed E-state index contributed by atoms with van der Waals surface area (Å²) in [6.45, 7) is 9.22. The molecule has 0 spiro atoms. The molecule has 5 aromatic rings. The van der Waals surface area contributed by atoms with Crippen molar-refractivity contribution in [3.8, 4) is 0 Å². The lowest BCUT2D eigenvalue weighted by molar-refractivity contribution is -0.144. The van der Waals surface area contributed by atoms with Gasteiger partial charge in [0.25, 0.3) is 0 Å². The number of ketones is 2. The van der Waals surface area contributed by atoms with E-state index in [1.807, 2.05) is 67.7 Å². The lowest BCUT2D eigenvalue weighted by Gasteiger charge is -2.26. The fraction of sp³-hybridized carbons (Fsp3) is 0.256. The van der Waals surface area contributed by atoms with Crippen molar-refractivity contribution in [2.24, 2.45) is 0 Å². The molecule has 0 amide bonds. The first-order valence-electron chi connectivity index (χ1n) is 16.8. The molecule has 52 heavy (non-hydrogen) atoms. The quantitative estimate of drug-likeness (QED) is 0.0936. The van der Waals surface area contributed by atoms with Crippen molar-refractivity contribution in [1.82, 2.24) is 0 Å². The first kappa shape index (κ1) is 39.3. The van der Waals surface area contributed by atoms with Crippen LogP contribution in [0, 0.1) is 0 Å². The van der Waals surface area contributed by atoms with Crippen LogP contribution in [0.15, 0.2) is 121 Å². The van der Waals surface area contributed by atoms with E-state index in [4.69, 9.17) is 11.5 Å². The lowest BCUT2D eigenvalue weighted by atomic mass is 9.78. The smallest absolute Gasteiger partial charge is 0.330 e. The average Bonchev–Trinajstić information content (AvgIpc) is 3.12. The number of halogens is 4. The zero-order valence-corrected chi connectivity index (χ0v) is 30.2. The highest BCUT2D eigenvalue weighted by atomic mass is 19.3. The molecule has 0 fully saturated rings. The first-order valence-corrected chi connectivity index (χ1v) is 16.8. The Kier molecular flexibility index (Phi) is 11.7. The van der Waals surface area contributed by atoms with Crippen molar-refractivity contribution in [1.29, 1.82) is 0 Å². The third kappa shape index (κ3) is 8.70. The SMILES string of the molecule is CC(C)(c1ccc(N)cc1)c1ccc(N)cc1.CNc1ccc(C(C)(C)c2ccc(CC(=O)C(F)(F)c3ccc(C(F)(F)C(C)=O)cc3)cc2)cc1. The van der Waals surface area contributed by atoms with Gasteiger partial charge in [-0.05, 0) is 64.2 Å². The average molecular weight is 712 g/mol. The van der Waals surface area contributed by atoms with Gasteiger partial charge < -0.3 is 16.8 Å². The van der Waals surface area contributed by atoms with Crippen molar-refractivity contribution in [3.63, 3.8) is 0 Å². The molecular formula is C43H45F4N3O2. The second-order valence-corrected chi connectivity index (χ2v) is 13.9. The van der Waals surface area contributed by atoms with Crippen molar-refractivity contribution < 1.29 is 27.2 Å². The number of Topliss-reactive ketones (excluding diaryl/α,β-unsaturated/α-hetero) is 2. The maximum Gasteiger partial charge on any atom is 0.330 e. The largest absolute Gasteiger partial charge is 0.399 e. The standard InChI is InChI=1S/C28H27F4NO2.C15H18N2/c1-18(34)27(29,30)22-9-11-23(12-10-22)28(31,32)25(35)17-19-5-7-20(8-6-19)26(2,3)21-13-15-24(33-4)16-14-21;1-15(2,11-3-7-13(16)8-4-11)12-5-9-14(17)10-6-12/h5-16,33H,17H2,1-4H3;3-10H,16-17H2,1-2H3. The highest BCUT2D eigenvalue weighted by Crippen LogP contribution is 2.36. The maximum atomic E-state index is 14.8. The van der Waals surface area contributed by atoms with E-state index in [-0.39, 0.29) is 10.8 Å². The van der Waals surface area contributed by atoms with Gasteiger partial charge in [-0.15, -0.1) is 0 Å². The van der Waals surface area contributed by atoms with E-state index < -0.39 is 41.0 Å². The van der Waals surface area contributed by atoms with Crippen molar-refractivity contribution >= 4 is 28.6 Å². The molecule has 0 aliphatic carbocycles. The summed E-state index contributed by atoms with van der Waals surface area (Å²) in [6, 6.07) is 34.0. The van der Waals surface area contributed by atoms with Crippen LogP contribution in [0.1, 0.15) is 73.6 Å². The number of alkyl halides is 4. The Hall–Kier alpha value is -5.44. The molecule has 0 atom stereocenters. The van der Waals surface area contributed by atoms with E-state index in [0.29, 0.717) is 5.56 Å². The Morgan fingerprint density at radius 3 is 1.17 bits per heavy atom. The highest BCUT2D eigenvalue weighted by Gasteiger charge is 2.42. The molecule has 0 saturated heterocycles. The Bertz CT molecular complexity index is 1920. The van der Waals surface area contributed by atoms with E-state index in [1.54, 1.807) is 12.1 Å². The molecule has 0 aliphatic rings. The van der Waals surface area contributed by atoms with Crippen LogP contribution in [0.25, 0.3) is 0 Å². The molecule has 0 radical (unpaired) electrons. The fourth-order valence-corrected chi connectivity index (χ4v) is 5.78. The van der Waals surface area contributed by atoms with Gasteiger partial charge in [-0.2, -0.15) is 17.6 Å². The van der Waals surface area contributed by atoms with Gasteiger partial charge in [0.2, 0.25) is 11.6 Å². The first-order chi connectivity index (χ1) is 24.3. The predicted octanol–water partition coefficient (Wildman–Crippen LogP) is 9.82. The number of carbonyl (C=O) groups is 2. The molecule has 0 unspecified atom stereocenters. The normalized spacial score (nSPS) is 12.0. The van der Waals surface area contributed by atoms with Crippen LogP contribution in [0.2, 0.25) is 0 Å². The van der Waals surface area contributed by atoms with Crippen LogP contribution in [0.5, 0.6) is 0 Å². The number of hydrogen-bond acceptors (Lipinski definition) is 5. The topological polar surface area (TPSA) is 98.2 Å². The number of benzene rings is 5. The molecule has 0 saturated carbocycles. The summed E-state index contributed by atoms with van der Waals surface area (Å²) in [7, 11) is 1.84. The number of hydrogen-bond donors (Lipinski definition) is 3. The summed E-state index contributed by atoms with van der Waals surface area (Å²) >= 11 is 0.